The third-order valence-corrected chi connectivity index (χ3v) is 2.15. The topological polar surface area (TPSA) is 26.0 Å². The van der Waals surface area contributed by atoms with E-state index in [0.29, 0.717) is 6.54 Å². The van der Waals surface area contributed by atoms with Gasteiger partial charge in [0.2, 0.25) is 0 Å². The van der Waals surface area contributed by atoms with Crippen LogP contribution >= 0.6 is 0 Å². The highest BCUT2D eigenvalue weighted by molar-refractivity contribution is 5.85. The van der Waals surface area contributed by atoms with Crippen molar-refractivity contribution in [3.63, 3.8) is 0 Å². The zero-order chi connectivity index (χ0) is 9.26. The lowest BCUT2D eigenvalue weighted by atomic mass is 10.0. The third kappa shape index (κ3) is 1.40. The van der Waals surface area contributed by atoms with Gasteiger partial charge in [0.1, 0.15) is 5.82 Å². The van der Waals surface area contributed by atoms with Crippen LogP contribution in [0.15, 0.2) is 36.4 Å². The monoisotopic (exact) mass is 175 g/mol. The molecule has 0 amide bonds. The summed E-state index contributed by atoms with van der Waals surface area (Å²) in [6.07, 6.45) is 0. The summed E-state index contributed by atoms with van der Waals surface area (Å²) in [5.74, 6) is -0.214. The molecule has 0 atom stereocenters. The summed E-state index contributed by atoms with van der Waals surface area (Å²) in [6.45, 7) is 0.445. The van der Waals surface area contributed by atoms with Crippen molar-refractivity contribution in [1.82, 2.24) is 0 Å². The number of fused-ring (bicyclic) bond motifs is 1. The molecule has 0 aliphatic rings. The predicted octanol–water partition coefficient (Wildman–Crippen LogP) is 2.44. The van der Waals surface area contributed by atoms with Crippen LogP contribution in [0.5, 0.6) is 0 Å². The standard InChI is InChI=1S/C11H10FN/c12-10-5-4-8-2-1-3-9(7-13)11(8)6-10/h1-6H,7,13H2. The maximum atomic E-state index is 12.9. The van der Waals surface area contributed by atoms with Gasteiger partial charge < -0.3 is 5.73 Å². The van der Waals surface area contributed by atoms with Crippen molar-refractivity contribution in [2.75, 3.05) is 0 Å². The van der Waals surface area contributed by atoms with E-state index in [1.165, 1.54) is 12.1 Å². The van der Waals surface area contributed by atoms with Gasteiger partial charge >= 0.3 is 0 Å². The van der Waals surface area contributed by atoms with E-state index in [4.69, 9.17) is 5.73 Å². The molecular weight excluding hydrogens is 165 g/mol. The highest BCUT2D eigenvalue weighted by atomic mass is 19.1. The molecule has 66 valence electrons. The molecule has 2 N–H and O–H groups in total. The van der Waals surface area contributed by atoms with E-state index in [1.54, 1.807) is 6.07 Å². The number of hydrogen-bond acceptors (Lipinski definition) is 1. The first kappa shape index (κ1) is 8.20. The van der Waals surface area contributed by atoms with Gasteiger partial charge in [-0.15, -0.1) is 0 Å². The minimum absolute atomic E-state index is 0.214. The van der Waals surface area contributed by atoms with E-state index < -0.39 is 0 Å². The highest BCUT2D eigenvalue weighted by Crippen LogP contribution is 2.19. The molecule has 0 aliphatic heterocycles. The number of nitrogens with two attached hydrogens (primary N) is 1. The zero-order valence-electron chi connectivity index (χ0n) is 7.13. The van der Waals surface area contributed by atoms with Gasteiger partial charge in [-0.25, -0.2) is 4.39 Å². The van der Waals surface area contributed by atoms with Crippen molar-refractivity contribution >= 4 is 10.8 Å². The van der Waals surface area contributed by atoms with Crippen LogP contribution in [0.4, 0.5) is 4.39 Å². The van der Waals surface area contributed by atoms with Crippen LogP contribution < -0.4 is 5.73 Å². The Bertz CT molecular complexity index is 437. The Morgan fingerprint density at radius 2 is 2.00 bits per heavy atom. The summed E-state index contributed by atoms with van der Waals surface area (Å²) < 4.78 is 12.9. The van der Waals surface area contributed by atoms with Crippen molar-refractivity contribution in [3.05, 3.63) is 47.8 Å². The van der Waals surface area contributed by atoms with Crippen LogP contribution in [0, 0.1) is 5.82 Å². The van der Waals surface area contributed by atoms with Gasteiger partial charge in [-0.3, -0.25) is 0 Å². The van der Waals surface area contributed by atoms with E-state index in [9.17, 15) is 4.39 Å². The molecule has 0 fully saturated rings. The average Bonchev–Trinajstić information content (AvgIpc) is 2.17. The second-order valence-electron chi connectivity index (χ2n) is 2.99. The maximum absolute atomic E-state index is 12.9. The number of hydrogen-bond donors (Lipinski definition) is 1. The lowest BCUT2D eigenvalue weighted by molar-refractivity contribution is 0.629. The van der Waals surface area contributed by atoms with E-state index in [1.807, 2.05) is 18.2 Å². The van der Waals surface area contributed by atoms with E-state index >= 15 is 0 Å². The quantitative estimate of drug-likeness (QED) is 0.707. The van der Waals surface area contributed by atoms with Crippen molar-refractivity contribution in [3.8, 4) is 0 Å². The van der Waals surface area contributed by atoms with Gasteiger partial charge in [0.15, 0.2) is 0 Å². The molecule has 0 aromatic heterocycles. The SMILES string of the molecule is NCc1cccc2ccc(F)cc12. The highest BCUT2D eigenvalue weighted by Gasteiger charge is 1.99. The van der Waals surface area contributed by atoms with Gasteiger partial charge in [-0.1, -0.05) is 24.3 Å². The van der Waals surface area contributed by atoms with Gasteiger partial charge in [-0.05, 0) is 28.5 Å². The number of halogens is 1. The molecule has 13 heavy (non-hydrogen) atoms. The van der Waals surface area contributed by atoms with Gasteiger partial charge in [0.25, 0.3) is 0 Å². The minimum Gasteiger partial charge on any atom is -0.326 e. The molecule has 0 bridgehead atoms. The van der Waals surface area contributed by atoms with Crippen molar-refractivity contribution in [2.45, 2.75) is 6.54 Å². The van der Waals surface area contributed by atoms with Crippen LogP contribution in [-0.4, -0.2) is 0 Å². The molecule has 2 heteroatoms. The second-order valence-corrected chi connectivity index (χ2v) is 2.99. The van der Waals surface area contributed by atoms with Gasteiger partial charge in [0.05, 0.1) is 0 Å². The Labute approximate surface area is 76.0 Å². The first-order valence-electron chi connectivity index (χ1n) is 4.18. The first-order chi connectivity index (χ1) is 6.31. The zero-order valence-corrected chi connectivity index (χ0v) is 7.13. The van der Waals surface area contributed by atoms with Gasteiger partial charge in [0, 0.05) is 6.54 Å². The lowest BCUT2D eigenvalue weighted by Gasteiger charge is -2.03. The molecular formula is C11H10FN. The minimum atomic E-state index is -0.214. The average molecular weight is 175 g/mol. The number of rotatable bonds is 1. The molecule has 0 saturated heterocycles. The molecule has 0 saturated carbocycles. The molecule has 0 radical (unpaired) electrons. The van der Waals surface area contributed by atoms with E-state index in [2.05, 4.69) is 0 Å². The Balaban J connectivity index is 2.79. The summed E-state index contributed by atoms with van der Waals surface area (Å²) in [5, 5.41) is 1.94. The molecule has 1 nitrogen and oxygen atoms in total. The third-order valence-electron chi connectivity index (χ3n) is 2.15. The molecule has 0 aliphatic carbocycles. The summed E-state index contributed by atoms with van der Waals surface area (Å²) in [4.78, 5) is 0. The van der Waals surface area contributed by atoms with E-state index in [-0.39, 0.29) is 5.82 Å². The Kier molecular flexibility index (Phi) is 1.99. The lowest BCUT2D eigenvalue weighted by Crippen LogP contribution is -1.96. The van der Waals surface area contributed by atoms with Crippen LogP contribution in [0.25, 0.3) is 10.8 Å². The summed E-state index contributed by atoms with van der Waals surface area (Å²) >= 11 is 0. The van der Waals surface area contributed by atoms with Crippen LogP contribution in [-0.2, 0) is 6.54 Å². The predicted molar refractivity (Wildman–Crippen MR) is 51.8 cm³/mol. The first-order valence-corrected chi connectivity index (χ1v) is 4.18. The summed E-state index contributed by atoms with van der Waals surface area (Å²) in [6, 6.07) is 10.6. The van der Waals surface area contributed by atoms with Crippen molar-refractivity contribution in [1.29, 1.82) is 0 Å². The molecule has 2 aromatic rings. The van der Waals surface area contributed by atoms with E-state index in [0.717, 1.165) is 16.3 Å². The largest absolute Gasteiger partial charge is 0.326 e. The second kappa shape index (κ2) is 3.15. The normalized spacial score (nSPS) is 10.6. The molecule has 0 unspecified atom stereocenters. The fraction of sp³-hybridized carbons (Fsp3) is 0.0909. The maximum Gasteiger partial charge on any atom is 0.123 e. The Morgan fingerprint density at radius 1 is 1.15 bits per heavy atom. The molecule has 2 rings (SSSR count). The number of benzene rings is 2. The van der Waals surface area contributed by atoms with Crippen LogP contribution in [0.3, 0.4) is 0 Å². The van der Waals surface area contributed by atoms with Crippen LogP contribution in [0.2, 0.25) is 0 Å². The van der Waals surface area contributed by atoms with Gasteiger partial charge in [-0.2, -0.15) is 0 Å². The van der Waals surface area contributed by atoms with Crippen molar-refractivity contribution in [2.24, 2.45) is 5.73 Å². The fourth-order valence-electron chi connectivity index (χ4n) is 1.49. The fourth-order valence-corrected chi connectivity index (χ4v) is 1.49. The molecule has 0 spiro atoms. The van der Waals surface area contributed by atoms with Crippen molar-refractivity contribution < 1.29 is 4.39 Å². The summed E-state index contributed by atoms with van der Waals surface area (Å²) in [5.41, 5.74) is 6.53. The smallest absolute Gasteiger partial charge is 0.123 e. The Morgan fingerprint density at radius 3 is 2.77 bits per heavy atom. The Hall–Kier alpha value is -1.41. The summed E-state index contributed by atoms with van der Waals surface area (Å²) in [7, 11) is 0. The molecule has 2 aromatic carbocycles. The van der Waals surface area contributed by atoms with Crippen LogP contribution in [0.1, 0.15) is 5.56 Å². The molecule has 0 heterocycles.